The van der Waals surface area contributed by atoms with Gasteiger partial charge in [-0.2, -0.15) is 0 Å². The van der Waals surface area contributed by atoms with E-state index in [-0.39, 0.29) is 11.8 Å². The van der Waals surface area contributed by atoms with Crippen molar-refractivity contribution in [1.29, 1.82) is 0 Å². The Kier molecular flexibility index (Phi) is 4.51. The molecule has 7 heteroatoms. The summed E-state index contributed by atoms with van der Waals surface area (Å²) < 4.78 is 0. The summed E-state index contributed by atoms with van der Waals surface area (Å²) in [5.74, 6) is 6.19. The van der Waals surface area contributed by atoms with Crippen molar-refractivity contribution in [2.45, 2.75) is 19.8 Å². The number of likely N-dealkylation sites (N-methyl/N-ethyl adjacent to an activating group) is 1. The van der Waals surface area contributed by atoms with Gasteiger partial charge in [0.25, 0.3) is 5.91 Å². The van der Waals surface area contributed by atoms with Crippen LogP contribution < -0.4 is 11.3 Å². The normalized spacial score (nSPS) is 16.6. The lowest BCUT2D eigenvalue weighted by atomic mass is 10.2. The molecule has 0 aliphatic carbocycles. The fourth-order valence-corrected chi connectivity index (χ4v) is 2.10. The Morgan fingerprint density at radius 3 is 2.55 bits per heavy atom. The summed E-state index contributed by atoms with van der Waals surface area (Å²) in [4.78, 5) is 25.2. The summed E-state index contributed by atoms with van der Waals surface area (Å²) in [5.41, 5.74) is 3.34. The maximum absolute atomic E-state index is 12.6. The van der Waals surface area contributed by atoms with Crippen LogP contribution in [0.25, 0.3) is 0 Å². The Hall–Kier alpha value is -1.73. The molecule has 20 heavy (non-hydrogen) atoms. The second-order valence-electron chi connectivity index (χ2n) is 5.38. The van der Waals surface area contributed by atoms with Gasteiger partial charge in [-0.15, -0.1) is 0 Å². The number of nitrogen functional groups attached to an aromatic ring is 1. The lowest BCUT2D eigenvalue weighted by Crippen LogP contribution is -2.47. The molecule has 1 fully saturated rings. The summed E-state index contributed by atoms with van der Waals surface area (Å²) in [6.45, 7) is 7.16. The van der Waals surface area contributed by atoms with Gasteiger partial charge < -0.3 is 15.2 Å². The number of nitrogens with one attached hydrogen (secondary N) is 1. The lowest BCUT2D eigenvalue weighted by Gasteiger charge is -2.32. The molecule has 0 radical (unpaired) electrons. The maximum Gasteiger partial charge on any atom is 0.274 e. The van der Waals surface area contributed by atoms with Crippen molar-refractivity contribution in [2.75, 3.05) is 38.7 Å². The number of rotatable bonds is 3. The number of nitrogens with zero attached hydrogens (tertiary/aromatic N) is 4. The van der Waals surface area contributed by atoms with Crippen LogP contribution in [0.1, 0.15) is 36.1 Å². The predicted octanol–water partition coefficient (Wildman–Crippen LogP) is 0.273. The second-order valence-corrected chi connectivity index (χ2v) is 5.38. The molecule has 0 saturated carbocycles. The molecule has 0 bridgehead atoms. The van der Waals surface area contributed by atoms with Crippen molar-refractivity contribution in [1.82, 2.24) is 19.8 Å². The molecule has 1 aliphatic heterocycles. The average Bonchev–Trinajstić information content (AvgIpc) is 2.46. The van der Waals surface area contributed by atoms with Crippen molar-refractivity contribution in [3.05, 3.63) is 17.7 Å². The highest BCUT2D eigenvalue weighted by molar-refractivity contribution is 5.97. The van der Waals surface area contributed by atoms with E-state index in [1.165, 1.54) is 0 Å². The van der Waals surface area contributed by atoms with Gasteiger partial charge in [0.05, 0.1) is 11.9 Å². The van der Waals surface area contributed by atoms with E-state index >= 15 is 0 Å². The molecule has 0 unspecified atom stereocenters. The van der Waals surface area contributed by atoms with E-state index in [0.29, 0.717) is 30.3 Å². The van der Waals surface area contributed by atoms with E-state index in [4.69, 9.17) is 5.84 Å². The molecule has 7 nitrogen and oxygen atoms in total. The van der Waals surface area contributed by atoms with Gasteiger partial charge in [-0.05, 0) is 7.05 Å². The van der Waals surface area contributed by atoms with Gasteiger partial charge in [-0.25, -0.2) is 9.97 Å². The van der Waals surface area contributed by atoms with Crippen LogP contribution in [0, 0.1) is 0 Å². The number of hydrogen-bond acceptors (Lipinski definition) is 6. The number of hydrogen-bond donors (Lipinski definition) is 2. The Labute approximate surface area is 119 Å². The second kappa shape index (κ2) is 6.15. The lowest BCUT2D eigenvalue weighted by molar-refractivity contribution is 0.0658. The topological polar surface area (TPSA) is 87.4 Å². The van der Waals surface area contributed by atoms with Crippen molar-refractivity contribution in [2.24, 2.45) is 5.84 Å². The number of nitrogens with two attached hydrogens (primary N) is 1. The third kappa shape index (κ3) is 3.05. The SMILES string of the molecule is CC(C)c1ncc(NN)c(C(=O)N2CCN(C)CC2)n1. The largest absolute Gasteiger partial charge is 0.335 e. The Bertz CT molecular complexity index is 482. The van der Waals surface area contributed by atoms with Crippen LogP contribution in [0.5, 0.6) is 0 Å². The minimum Gasteiger partial charge on any atom is -0.335 e. The predicted molar refractivity (Wildman–Crippen MR) is 77.3 cm³/mol. The van der Waals surface area contributed by atoms with Crippen LogP contribution in [0.3, 0.4) is 0 Å². The van der Waals surface area contributed by atoms with E-state index in [9.17, 15) is 4.79 Å². The maximum atomic E-state index is 12.6. The molecule has 0 atom stereocenters. The third-order valence-electron chi connectivity index (χ3n) is 3.47. The van der Waals surface area contributed by atoms with E-state index < -0.39 is 0 Å². The first kappa shape index (κ1) is 14.7. The zero-order valence-corrected chi connectivity index (χ0v) is 12.3. The Balaban J connectivity index is 2.25. The molecule has 2 rings (SSSR count). The summed E-state index contributed by atoms with van der Waals surface area (Å²) in [7, 11) is 2.05. The number of aromatic nitrogens is 2. The fraction of sp³-hybridized carbons (Fsp3) is 0.615. The number of piperazine rings is 1. The van der Waals surface area contributed by atoms with Gasteiger partial charge in [0.1, 0.15) is 5.82 Å². The van der Waals surface area contributed by atoms with Gasteiger partial charge >= 0.3 is 0 Å². The van der Waals surface area contributed by atoms with Gasteiger partial charge in [-0.3, -0.25) is 10.6 Å². The number of anilines is 1. The molecule has 1 aliphatic rings. The van der Waals surface area contributed by atoms with E-state index in [2.05, 4.69) is 27.3 Å². The minimum atomic E-state index is -0.0876. The number of amides is 1. The first-order valence-corrected chi connectivity index (χ1v) is 6.84. The first-order chi connectivity index (χ1) is 9.52. The third-order valence-corrected chi connectivity index (χ3v) is 3.47. The molecule has 0 aromatic carbocycles. The monoisotopic (exact) mass is 278 g/mol. The van der Waals surface area contributed by atoms with Gasteiger partial charge in [-0.1, -0.05) is 13.8 Å². The van der Waals surface area contributed by atoms with Crippen LogP contribution in [0.4, 0.5) is 5.69 Å². The molecule has 2 heterocycles. The van der Waals surface area contributed by atoms with Crippen LogP contribution >= 0.6 is 0 Å². The van der Waals surface area contributed by atoms with Crippen LogP contribution in [0.2, 0.25) is 0 Å². The van der Waals surface area contributed by atoms with E-state index in [1.54, 1.807) is 6.20 Å². The molecule has 0 spiro atoms. The van der Waals surface area contributed by atoms with Gasteiger partial charge in [0.2, 0.25) is 0 Å². The molecule has 1 aromatic rings. The standard InChI is InChI=1S/C13H22N6O/c1-9(2)12-15-8-10(17-14)11(16-12)13(20)19-6-4-18(3)5-7-19/h8-9,17H,4-7,14H2,1-3H3. The van der Waals surface area contributed by atoms with Crippen molar-refractivity contribution in [3.8, 4) is 0 Å². The number of carbonyl (C=O) groups excluding carboxylic acids is 1. The molecular formula is C13H22N6O. The quantitative estimate of drug-likeness (QED) is 0.610. The number of carbonyl (C=O) groups is 1. The van der Waals surface area contributed by atoms with Crippen LogP contribution in [-0.4, -0.2) is 58.9 Å². The van der Waals surface area contributed by atoms with Gasteiger partial charge in [0.15, 0.2) is 5.69 Å². The summed E-state index contributed by atoms with van der Waals surface area (Å²) in [6.07, 6.45) is 1.58. The molecule has 1 saturated heterocycles. The van der Waals surface area contributed by atoms with Crippen molar-refractivity contribution >= 4 is 11.6 Å². The van der Waals surface area contributed by atoms with Gasteiger partial charge in [0, 0.05) is 32.1 Å². The van der Waals surface area contributed by atoms with Crippen LogP contribution in [0.15, 0.2) is 6.20 Å². The zero-order chi connectivity index (χ0) is 14.7. The molecule has 3 N–H and O–H groups in total. The van der Waals surface area contributed by atoms with Crippen molar-refractivity contribution < 1.29 is 4.79 Å². The zero-order valence-electron chi connectivity index (χ0n) is 12.3. The summed E-state index contributed by atoms with van der Waals surface area (Å²) in [5, 5.41) is 0. The highest BCUT2D eigenvalue weighted by Crippen LogP contribution is 2.18. The summed E-state index contributed by atoms with van der Waals surface area (Å²) >= 11 is 0. The Morgan fingerprint density at radius 2 is 2.00 bits per heavy atom. The van der Waals surface area contributed by atoms with E-state index in [0.717, 1.165) is 13.1 Å². The Morgan fingerprint density at radius 1 is 1.35 bits per heavy atom. The minimum absolute atomic E-state index is 0.0876. The summed E-state index contributed by atoms with van der Waals surface area (Å²) in [6, 6.07) is 0. The highest BCUT2D eigenvalue weighted by atomic mass is 16.2. The van der Waals surface area contributed by atoms with Crippen molar-refractivity contribution in [3.63, 3.8) is 0 Å². The fourth-order valence-electron chi connectivity index (χ4n) is 2.10. The van der Waals surface area contributed by atoms with Crippen LogP contribution in [-0.2, 0) is 0 Å². The van der Waals surface area contributed by atoms with E-state index in [1.807, 2.05) is 18.7 Å². The first-order valence-electron chi connectivity index (χ1n) is 6.84. The highest BCUT2D eigenvalue weighted by Gasteiger charge is 2.24. The molecule has 1 aromatic heterocycles. The molecular weight excluding hydrogens is 256 g/mol. The molecule has 110 valence electrons. The number of hydrazine groups is 1. The molecule has 1 amide bonds. The average molecular weight is 278 g/mol. The smallest absolute Gasteiger partial charge is 0.274 e.